The van der Waals surface area contributed by atoms with E-state index in [1.807, 2.05) is 24.3 Å². The van der Waals surface area contributed by atoms with Crippen molar-refractivity contribution in [2.24, 2.45) is 0 Å². The summed E-state index contributed by atoms with van der Waals surface area (Å²) in [4.78, 5) is 15.1. The van der Waals surface area contributed by atoms with Crippen molar-refractivity contribution in [3.8, 4) is 28.5 Å². The van der Waals surface area contributed by atoms with Crippen molar-refractivity contribution in [2.75, 3.05) is 26.2 Å². The summed E-state index contributed by atoms with van der Waals surface area (Å²) in [6.45, 7) is 3.90. The number of nitrogens with zero attached hydrogens (tertiary/aromatic N) is 5. The Kier molecular flexibility index (Phi) is 5.98. The van der Waals surface area contributed by atoms with Crippen molar-refractivity contribution in [3.63, 3.8) is 0 Å². The molecule has 0 saturated carbocycles. The molecule has 7 nitrogen and oxygen atoms in total. The number of hydrogen-bond acceptors (Lipinski definition) is 7. The number of ether oxygens (including phenoxy) is 1. The number of pyridine rings is 2. The third-order valence-corrected chi connectivity index (χ3v) is 5.02. The third-order valence-electron chi connectivity index (χ3n) is 5.02. The SMILES string of the molecule is Cc1nc(-c2ccnc(-c3ccc(OCCCN4CCC(F)(F)CC4)cn3)c2)no1. The molecule has 30 heavy (non-hydrogen) atoms. The minimum Gasteiger partial charge on any atom is -0.492 e. The fourth-order valence-corrected chi connectivity index (χ4v) is 3.33. The highest BCUT2D eigenvalue weighted by Crippen LogP contribution is 2.27. The Morgan fingerprint density at radius 2 is 1.97 bits per heavy atom. The predicted octanol–water partition coefficient (Wildman–Crippen LogP) is 4.00. The van der Waals surface area contributed by atoms with Crippen LogP contribution in [0, 0.1) is 6.92 Å². The molecule has 4 heterocycles. The van der Waals surface area contributed by atoms with Crippen LogP contribution in [0.15, 0.2) is 41.2 Å². The monoisotopic (exact) mass is 415 g/mol. The lowest BCUT2D eigenvalue weighted by molar-refractivity contribution is -0.0554. The van der Waals surface area contributed by atoms with E-state index in [4.69, 9.17) is 9.26 Å². The van der Waals surface area contributed by atoms with Gasteiger partial charge in [0.05, 0.1) is 24.2 Å². The number of halogens is 2. The molecular formula is C21H23F2N5O2. The van der Waals surface area contributed by atoms with Gasteiger partial charge in [0.1, 0.15) is 5.75 Å². The van der Waals surface area contributed by atoms with Gasteiger partial charge >= 0.3 is 0 Å². The number of piperidine rings is 1. The zero-order valence-corrected chi connectivity index (χ0v) is 16.7. The highest BCUT2D eigenvalue weighted by atomic mass is 19.3. The first-order chi connectivity index (χ1) is 14.5. The van der Waals surface area contributed by atoms with Gasteiger partial charge in [-0.1, -0.05) is 5.16 Å². The van der Waals surface area contributed by atoms with Gasteiger partial charge in [-0.3, -0.25) is 9.97 Å². The minimum absolute atomic E-state index is 0.0548. The quantitative estimate of drug-likeness (QED) is 0.540. The second-order valence-corrected chi connectivity index (χ2v) is 7.35. The van der Waals surface area contributed by atoms with Crippen molar-refractivity contribution >= 4 is 0 Å². The van der Waals surface area contributed by atoms with E-state index in [1.165, 1.54) is 0 Å². The van der Waals surface area contributed by atoms with Gasteiger partial charge in [-0.2, -0.15) is 4.98 Å². The van der Waals surface area contributed by atoms with Crippen LogP contribution in [-0.4, -0.2) is 57.2 Å². The Morgan fingerprint density at radius 3 is 2.67 bits per heavy atom. The molecule has 0 aromatic carbocycles. The van der Waals surface area contributed by atoms with Crippen molar-refractivity contribution < 1.29 is 18.0 Å². The predicted molar refractivity (Wildman–Crippen MR) is 106 cm³/mol. The second kappa shape index (κ2) is 8.83. The number of likely N-dealkylation sites (tertiary alicyclic amines) is 1. The molecule has 9 heteroatoms. The highest BCUT2D eigenvalue weighted by Gasteiger charge is 2.33. The number of rotatable bonds is 7. The normalized spacial score (nSPS) is 16.5. The third kappa shape index (κ3) is 5.15. The van der Waals surface area contributed by atoms with Crippen LogP contribution in [0.2, 0.25) is 0 Å². The summed E-state index contributed by atoms with van der Waals surface area (Å²) < 4.78 is 37.1. The molecule has 4 rings (SSSR count). The van der Waals surface area contributed by atoms with Crippen LogP contribution < -0.4 is 4.74 Å². The summed E-state index contributed by atoms with van der Waals surface area (Å²) in [6.07, 6.45) is 4.01. The highest BCUT2D eigenvalue weighted by molar-refractivity contribution is 5.64. The summed E-state index contributed by atoms with van der Waals surface area (Å²) in [6, 6.07) is 7.36. The van der Waals surface area contributed by atoms with Gasteiger partial charge in [0.25, 0.3) is 5.92 Å². The summed E-state index contributed by atoms with van der Waals surface area (Å²) in [7, 11) is 0. The number of aryl methyl sites for hydroxylation is 1. The first-order valence-electron chi connectivity index (χ1n) is 9.95. The fourth-order valence-electron chi connectivity index (χ4n) is 3.33. The molecule has 1 saturated heterocycles. The molecule has 0 aliphatic carbocycles. The molecule has 1 fully saturated rings. The van der Waals surface area contributed by atoms with Crippen LogP contribution in [0.3, 0.4) is 0 Å². The van der Waals surface area contributed by atoms with E-state index >= 15 is 0 Å². The molecule has 1 aliphatic rings. The fraction of sp³-hybridized carbons (Fsp3) is 0.429. The molecule has 0 unspecified atom stereocenters. The van der Waals surface area contributed by atoms with E-state index in [0.717, 1.165) is 18.5 Å². The molecule has 0 radical (unpaired) electrons. The van der Waals surface area contributed by atoms with Crippen LogP contribution in [0.4, 0.5) is 8.78 Å². The van der Waals surface area contributed by atoms with E-state index in [1.54, 1.807) is 19.3 Å². The van der Waals surface area contributed by atoms with E-state index in [2.05, 4.69) is 25.0 Å². The molecule has 158 valence electrons. The zero-order chi connectivity index (χ0) is 21.0. The van der Waals surface area contributed by atoms with E-state index in [-0.39, 0.29) is 12.8 Å². The topological polar surface area (TPSA) is 77.2 Å². The Balaban J connectivity index is 1.28. The van der Waals surface area contributed by atoms with Crippen LogP contribution in [0.5, 0.6) is 5.75 Å². The Bertz CT molecular complexity index is 968. The zero-order valence-electron chi connectivity index (χ0n) is 16.7. The van der Waals surface area contributed by atoms with Gasteiger partial charge < -0.3 is 14.2 Å². The second-order valence-electron chi connectivity index (χ2n) is 7.35. The maximum atomic E-state index is 13.2. The van der Waals surface area contributed by atoms with Crippen molar-refractivity contribution in [1.82, 2.24) is 25.0 Å². The molecule has 0 atom stereocenters. The number of hydrogen-bond donors (Lipinski definition) is 0. The largest absolute Gasteiger partial charge is 0.492 e. The van der Waals surface area contributed by atoms with E-state index in [9.17, 15) is 8.78 Å². The average Bonchev–Trinajstić information content (AvgIpc) is 3.19. The maximum absolute atomic E-state index is 13.2. The molecule has 0 spiro atoms. The first-order valence-corrected chi connectivity index (χ1v) is 9.95. The molecule has 0 N–H and O–H groups in total. The lowest BCUT2D eigenvalue weighted by Gasteiger charge is -2.31. The van der Waals surface area contributed by atoms with Crippen molar-refractivity contribution in [3.05, 3.63) is 42.5 Å². The molecular weight excluding hydrogens is 392 g/mol. The Morgan fingerprint density at radius 1 is 1.13 bits per heavy atom. The number of alkyl halides is 2. The summed E-state index contributed by atoms with van der Waals surface area (Å²) in [5.41, 5.74) is 2.21. The van der Waals surface area contributed by atoms with Crippen LogP contribution >= 0.6 is 0 Å². The van der Waals surface area contributed by atoms with Gasteiger partial charge in [-0.25, -0.2) is 8.78 Å². The lowest BCUT2D eigenvalue weighted by atomic mass is 10.1. The van der Waals surface area contributed by atoms with Crippen molar-refractivity contribution in [2.45, 2.75) is 32.1 Å². The van der Waals surface area contributed by atoms with Crippen LogP contribution in [-0.2, 0) is 0 Å². The average molecular weight is 415 g/mol. The van der Waals surface area contributed by atoms with Gasteiger partial charge in [0.2, 0.25) is 11.7 Å². The van der Waals surface area contributed by atoms with Crippen molar-refractivity contribution in [1.29, 1.82) is 0 Å². The first kappa shape index (κ1) is 20.3. The summed E-state index contributed by atoms with van der Waals surface area (Å²) in [5.74, 6) is -0.831. The molecule has 0 bridgehead atoms. The Hall–Kier alpha value is -2.94. The van der Waals surface area contributed by atoms with Gasteiger partial charge in [-0.15, -0.1) is 0 Å². The van der Waals surface area contributed by atoms with Crippen LogP contribution in [0.1, 0.15) is 25.2 Å². The standard InChI is InChI=1S/C21H23F2N5O2/c1-15-26-20(27-30-15)16-5-8-24-19(13-16)18-4-3-17(14-25-18)29-12-2-9-28-10-6-21(22,23)7-11-28/h3-5,8,13-14H,2,6-7,9-12H2,1H3. The maximum Gasteiger partial charge on any atom is 0.250 e. The Labute approximate surface area is 173 Å². The smallest absolute Gasteiger partial charge is 0.250 e. The number of aromatic nitrogens is 4. The van der Waals surface area contributed by atoms with Crippen LogP contribution in [0.25, 0.3) is 22.8 Å². The van der Waals surface area contributed by atoms with Gasteiger partial charge in [0.15, 0.2) is 0 Å². The minimum atomic E-state index is -2.50. The summed E-state index contributed by atoms with van der Waals surface area (Å²) in [5, 5.41) is 3.92. The van der Waals surface area contributed by atoms with Gasteiger partial charge in [-0.05, 0) is 30.7 Å². The van der Waals surface area contributed by atoms with E-state index in [0.29, 0.717) is 48.5 Å². The van der Waals surface area contributed by atoms with E-state index < -0.39 is 5.92 Å². The lowest BCUT2D eigenvalue weighted by Crippen LogP contribution is -2.40. The summed E-state index contributed by atoms with van der Waals surface area (Å²) >= 11 is 0. The molecule has 1 aliphatic heterocycles. The molecule has 3 aromatic heterocycles. The molecule has 0 amide bonds. The molecule has 3 aromatic rings. The van der Waals surface area contributed by atoms with Gasteiger partial charge in [0, 0.05) is 51.2 Å².